The van der Waals surface area contributed by atoms with Gasteiger partial charge in [0.2, 0.25) is 5.91 Å². The SMILES string of the molecule is C=CCCCCN1C=CCCC1=O. The molecule has 1 aliphatic heterocycles. The second-order valence-corrected chi connectivity index (χ2v) is 3.30. The molecule has 0 saturated carbocycles. The van der Waals surface area contributed by atoms with Crippen LogP contribution in [-0.4, -0.2) is 17.4 Å². The molecule has 1 rings (SSSR count). The highest BCUT2D eigenvalue weighted by Crippen LogP contribution is 2.09. The average Bonchev–Trinajstić information content (AvgIpc) is 2.15. The van der Waals surface area contributed by atoms with Crippen molar-refractivity contribution in [3.8, 4) is 0 Å². The summed E-state index contributed by atoms with van der Waals surface area (Å²) in [4.78, 5) is 13.1. The highest BCUT2D eigenvalue weighted by atomic mass is 16.2. The minimum absolute atomic E-state index is 0.265. The lowest BCUT2D eigenvalue weighted by Crippen LogP contribution is -2.28. The van der Waals surface area contributed by atoms with Crippen LogP contribution in [0.5, 0.6) is 0 Å². The van der Waals surface area contributed by atoms with E-state index in [1.54, 1.807) is 0 Å². The molecule has 1 amide bonds. The molecule has 0 aromatic heterocycles. The molecule has 0 bridgehead atoms. The number of rotatable bonds is 5. The molecule has 0 saturated heterocycles. The van der Waals surface area contributed by atoms with Gasteiger partial charge in [-0.3, -0.25) is 4.79 Å². The fraction of sp³-hybridized carbons (Fsp3) is 0.545. The second-order valence-electron chi connectivity index (χ2n) is 3.30. The van der Waals surface area contributed by atoms with Crippen LogP contribution in [0.15, 0.2) is 24.9 Å². The maximum absolute atomic E-state index is 11.3. The molecule has 2 heteroatoms. The molecule has 0 spiro atoms. The lowest BCUT2D eigenvalue weighted by atomic mass is 10.2. The molecule has 0 aromatic carbocycles. The first-order valence-corrected chi connectivity index (χ1v) is 4.91. The van der Waals surface area contributed by atoms with Crippen LogP contribution in [0.25, 0.3) is 0 Å². The van der Waals surface area contributed by atoms with Crippen LogP contribution in [-0.2, 0) is 4.79 Å². The number of amides is 1. The van der Waals surface area contributed by atoms with Crippen LogP contribution in [0.1, 0.15) is 32.1 Å². The predicted molar refractivity (Wildman–Crippen MR) is 54.1 cm³/mol. The van der Waals surface area contributed by atoms with Gasteiger partial charge in [-0.1, -0.05) is 12.2 Å². The lowest BCUT2D eigenvalue weighted by Gasteiger charge is -2.20. The number of carbonyl (C=O) groups excluding carboxylic acids is 1. The molecular weight excluding hydrogens is 162 g/mol. The first-order chi connectivity index (χ1) is 6.34. The van der Waals surface area contributed by atoms with E-state index in [1.165, 1.54) is 0 Å². The predicted octanol–water partition coefficient (Wildman–Crippen LogP) is 2.48. The van der Waals surface area contributed by atoms with Gasteiger partial charge >= 0.3 is 0 Å². The third kappa shape index (κ3) is 3.45. The summed E-state index contributed by atoms with van der Waals surface area (Å²) in [5, 5.41) is 0. The summed E-state index contributed by atoms with van der Waals surface area (Å²) in [5.74, 6) is 0.265. The van der Waals surface area contributed by atoms with Crippen molar-refractivity contribution in [2.24, 2.45) is 0 Å². The van der Waals surface area contributed by atoms with Gasteiger partial charge < -0.3 is 4.90 Å². The Morgan fingerprint density at radius 2 is 2.38 bits per heavy atom. The van der Waals surface area contributed by atoms with E-state index in [0.29, 0.717) is 6.42 Å². The molecule has 72 valence electrons. The van der Waals surface area contributed by atoms with Crippen molar-refractivity contribution in [3.05, 3.63) is 24.9 Å². The average molecular weight is 179 g/mol. The zero-order valence-corrected chi connectivity index (χ0v) is 8.04. The zero-order valence-electron chi connectivity index (χ0n) is 8.04. The maximum atomic E-state index is 11.3. The Bertz CT molecular complexity index is 208. The van der Waals surface area contributed by atoms with Crippen LogP contribution in [0.4, 0.5) is 0 Å². The molecule has 0 aliphatic carbocycles. The van der Waals surface area contributed by atoms with Gasteiger partial charge in [-0.25, -0.2) is 0 Å². The van der Waals surface area contributed by atoms with Gasteiger partial charge in [0.05, 0.1) is 0 Å². The quantitative estimate of drug-likeness (QED) is 0.469. The maximum Gasteiger partial charge on any atom is 0.226 e. The molecule has 13 heavy (non-hydrogen) atoms. The van der Waals surface area contributed by atoms with Crippen LogP contribution in [0.2, 0.25) is 0 Å². The monoisotopic (exact) mass is 179 g/mol. The van der Waals surface area contributed by atoms with Crippen molar-refractivity contribution >= 4 is 5.91 Å². The van der Waals surface area contributed by atoms with Gasteiger partial charge in [-0.15, -0.1) is 6.58 Å². The number of nitrogens with zero attached hydrogens (tertiary/aromatic N) is 1. The molecule has 0 unspecified atom stereocenters. The number of hydrogen-bond acceptors (Lipinski definition) is 1. The first kappa shape index (κ1) is 10.0. The minimum atomic E-state index is 0.265. The van der Waals surface area contributed by atoms with Crippen LogP contribution < -0.4 is 0 Å². The topological polar surface area (TPSA) is 20.3 Å². The summed E-state index contributed by atoms with van der Waals surface area (Å²) in [5.41, 5.74) is 0. The molecular formula is C11H17NO. The molecule has 0 atom stereocenters. The van der Waals surface area contributed by atoms with Gasteiger partial charge in [0.25, 0.3) is 0 Å². The van der Waals surface area contributed by atoms with E-state index in [0.717, 1.165) is 32.2 Å². The summed E-state index contributed by atoms with van der Waals surface area (Å²) >= 11 is 0. The molecule has 0 fully saturated rings. The largest absolute Gasteiger partial charge is 0.319 e. The number of allylic oxidation sites excluding steroid dienone is 2. The molecule has 0 N–H and O–H groups in total. The molecule has 0 aromatic rings. The van der Waals surface area contributed by atoms with Crippen molar-refractivity contribution in [2.75, 3.05) is 6.54 Å². The summed E-state index contributed by atoms with van der Waals surface area (Å²) in [6.07, 6.45) is 10.7. The van der Waals surface area contributed by atoms with Crippen molar-refractivity contribution in [3.63, 3.8) is 0 Å². The van der Waals surface area contributed by atoms with Gasteiger partial charge in [0.15, 0.2) is 0 Å². The Balaban J connectivity index is 2.19. The summed E-state index contributed by atoms with van der Waals surface area (Å²) in [6.45, 7) is 4.53. The number of unbranched alkanes of at least 4 members (excludes halogenated alkanes) is 2. The van der Waals surface area contributed by atoms with Crippen molar-refractivity contribution in [1.29, 1.82) is 0 Å². The van der Waals surface area contributed by atoms with Crippen molar-refractivity contribution < 1.29 is 4.79 Å². The van der Waals surface area contributed by atoms with Gasteiger partial charge in [-0.2, -0.15) is 0 Å². The van der Waals surface area contributed by atoms with E-state index in [2.05, 4.69) is 12.7 Å². The Hall–Kier alpha value is -1.05. The third-order valence-corrected chi connectivity index (χ3v) is 2.19. The minimum Gasteiger partial charge on any atom is -0.319 e. The highest BCUT2D eigenvalue weighted by Gasteiger charge is 2.12. The Morgan fingerprint density at radius 3 is 3.08 bits per heavy atom. The van der Waals surface area contributed by atoms with Gasteiger partial charge in [0.1, 0.15) is 0 Å². The van der Waals surface area contributed by atoms with E-state index < -0.39 is 0 Å². The summed E-state index contributed by atoms with van der Waals surface area (Å²) < 4.78 is 0. The molecule has 2 nitrogen and oxygen atoms in total. The Morgan fingerprint density at radius 1 is 1.54 bits per heavy atom. The van der Waals surface area contributed by atoms with E-state index in [4.69, 9.17) is 0 Å². The Labute approximate surface area is 79.9 Å². The number of hydrogen-bond donors (Lipinski definition) is 0. The second kappa shape index (κ2) is 5.57. The normalized spacial score (nSPS) is 16.3. The zero-order chi connectivity index (χ0) is 9.52. The highest BCUT2D eigenvalue weighted by molar-refractivity contribution is 5.78. The fourth-order valence-electron chi connectivity index (χ4n) is 1.41. The summed E-state index contributed by atoms with van der Waals surface area (Å²) in [6, 6.07) is 0. The molecule has 1 aliphatic rings. The van der Waals surface area contributed by atoms with Crippen LogP contribution >= 0.6 is 0 Å². The van der Waals surface area contributed by atoms with E-state index >= 15 is 0 Å². The fourth-order valence-corrected chi connectivity index (χ4v) is 1.41. The van der Waals surface area contributed by atoms with Crippen molar-refractivity contribution in [1.82, 2.24) is 4.90 Å². The van der Waals surface area contributed by atoms with Gasteiger partial charge in [-0.05, 0) is 25.7 Å². The lowest BCUT2D eigenvalue weighted by molar-refractivity contribution is -0.129. The van der Waals surface area contributed by atoms with E-state index in [-0.39, 0.29) is 5.91 Å². The smallest absolute Gasteiger partial charge is 0.226 e. The van der Waals surface area contributed by atoms with Crippen LogP contribution in [0, 0.1) is 0 Å². The van der Waals surface area contributed by atoms with Gasteiger partial charge in [0, 0.05) is 19.2 Å². The third-order valence-electron chi connectivity index (χ3n) is 2.19. The Kier molecular flexibility index (Phi) is 4.30. The van der Waals surface area contributed by atoms with Crippen LogP contribution in [0.3, 0.4) is 0 Å². The molecule has 1 heterocycles. The van der Waals surface area contributed by atoms with E-state index in [9.17, 15) is 4.79 Å². The number of carbonyl (C=O) groups is 1. The first-order valence-electron chi connectivity index (χ1n) is 4.91. The van der Waals surface area contributed by atoms with E-state index in [1.807, 2.05) is 17.2 Å². The summed E-state index contributed by atoms with van der Waals surface area (Å²) in [7, 11) is 0. The standard InChI is InChI=1S/C11H17NO/c1-2-3-4-6-9-12-10-7-5-8-11(12)13/h2,7,10H,1,3-6,8-9H2. The van der Waals surface area contributed by atoms with Crippen molar-refractivity contribution in [2.45, 2.75) is 32.1 Å². The molecule has 0 radical (unpaired) electrons.